The second-order valence-corrected chi connectivity index (χ2v) is 5.17. The third kappa shape index (κ3) is 4.15. The molecular weight excluding hydrogens is 245 g/mol. The van der Waals surface area contributed by atoms with Gasteiger partial charge in [0, 0.05) is 12.1 Å². The molecule has 0 aromatic rings. The molecule has 1 rings (SSSR count). The van der Waals surface area contributed by atoms with E-state index in [9.17, 15) is 18.0 Å². The van der Waals surface area contributed by atoms with E-state index in [0.29, 0.717) is 6.42 Å². The van der Waals surface area contributed by atoms with Crippen LogP contribution in [-0.4, -0.2) is 42.2 Å². The molecule has 18 heavy (non-hydrogen) atoms. The van der Waals surface area contributed by atoms with Crippen molar-refractivity contribution in [3.63, 3.8) is 0 Å². The van der Waals surface area contributed by atoms with Crippen LogP contribution in [0.5, 0.6) is 0 Å². The van der Waals surface area contributed by atoms with Crippen LogP contribution in [0.4, 0.5) is 13.2 Å². The predicted octanol–water partition coefficient (Wildman–Crippen LogP) is 2.17. The van der Waals surface area contributed by atoms with Gasteiger partial charge < -0.3 is 10.2 Å². The largest absolute Gasteiger partial charge is 0.406 e. The average Bonchev–Trinajstić information content (AvgIpc) is 2.24. The summed E-state index contributed by atoms with van der Waals surface area (Å²) in [4.78, 5) is 13.2. The van der Waals surface area contributed by atoms with Crippen molar-refractivity contribution in [1.82, 2.24) is 10.2 Å². The van der Waals surface area contributed by atoms with Crippen LogP contribution < -0.4 is 5.32 Å². The molecule has 0 aromatic carbocycles. The summed E-state index contributed by atoms with van der Waals surface area (Å²) in [6.07, 6.45) is -2.85. The van der Waals surface area contributed by atoms with Crippen molar-refractivity contribution in [2.75, 3.05) is 13.1 Å². The SMILES string of the molecule is CC1NCCCC1C(=O)N(CC(F)(F)F)C(C)C. The number of amides is 1. The fourth-order valence-corrected chi connectivity index (χ4v) is 2.30. The molecule has 1 saturated heterocycles. The highest BCUT2D eigenvalue weighted by Crippen LogP contribution is 2.24. The van der Waals surface area contributed by atoms with E-state index in [1.165, 1.54) is 0 Å². The molecule has 0 bridgehead atoms. The van der Waals surface area contributed by atoms with Gasteiger partial charge in [-0.1, -0.05) is 0 Å². The minimum Gasteiger partial charge on any atom is -0.331 e. The van der Waals surface area contributed by atoms with Gasteiger partial charge in [-0.05, 0) is 40.2 Å². The summed E-state index contributed by atoms with van der Waals surface area (Å²) in [5, 5.41) is 3.14. The third-order valence-corrected chi connectivity index (χ3v) is 3.34. The number of nitrogens with one attached hydrogen (secondary N) is 1. The van der Waals surface area contributed by atoms with Crippen molar-refractivity contribution in [3.05, 3.63) is 0 Å². The molecule has 1 N–H and O–H groups in total. The summed E-state index contributed by atoms with van der Waals surface area (Å²) in [7, 11) is 0. The number of carbonyl (C=O) groups is 1. The monoisotopic (exact) mass is 266 g/mol. The Morgan fingerprint density at radius 1 is 1.44 bits per heavy atom. The predicted molar refractivity (Wildman–Crippen MR) is 63.1 cm³/mol. The molecule has 106 valence electrons. The van der Waals surface area contributed by atoms with E-state index in [4.69, 9.17) is 0 Å². The quantitative estimate of drug-likeness (QED) is 0.849. The molecule has 1 aliphatic heterocycles. The lowest BCUT2D eigenvalue weighted by Crippen LogP contribution is -2.52. The molecule has 3 nitrogen and oxygen atoms in total. The molecule has 2 atom stereocenters. The van der Waals surface area contributed by atoms with Crippen LogP contribution in [-0.2, 0) is 4.79 Å². The maximum atomic E-state index is 12.5. The summed E-state index contributed by atoms with van der Waals surface area (Å²) in [6, 6.07) is -0.492. The Hall–Kier alpha value is -0.780. The summed E-state index contributed by atoms with van der Waals surface area (Å²) in [6.45, 7) is 4.75. The Labute approximate surface area is 106 Å². The number of piperidine rings is 1. The fourth-order valence-electron chi connectivity index (χ4n) is 2.30. The number of nitrogens with zero attached hydrogens (tertiary/aromatic N) is 1. The number of carbonyl (C=O) groups excluding carboxylic acids is 1. The second kappa shape index (κ2) is 5.91. The lowest BCUT2D eigenvalue weighted by Gasteiger charge is -2.36. The van der Waals surface area contributed by atoms with Crippen molar-refractivity contribution in [1.29, 1.82) is 0 Å². The maximum Gasteiger partial charge on any atom is 0.406 e. The van der Waals surface area contributed by atoms with Gasteiger partial charge in [0.25, 0.3) is 0 Å². The molecule has 1 fully saturated rings. The zero-order valence-electron chi connectivity index (χ0n) is 11.0. The van der Waals surface area contributed by atoms with Crippen molar-refractivity contribution in [2.24, 2.45) is 5.92 Å². The van der Waals surface area contributed by atoms with Crippen LogP contribution >= 0.6 is 0 Å². The normalized spacial score (nSPS) is 25.3. The minimum atomic E-state index is -4.34. The van der Waals surface area contributed by atoms with Crippen LogP contribution in [0.3, 0.4) is 0 Å². The molecule has 0 spiro atoms. The Morgan fingerprint density at radius 3 is 2.50 bits per heavy atom. The van der Waals surface area contributed by atoms with E-state index in [1.807, 2.05) is 6.92 Å². The maximum absolute atomic E-state index is 12.5. The highest BCUT2D eigenvalue weighted by molar-refractivity contribution is 5.80. The Morgan fingerprint density at radius 2 is 2.06 bits per heavy atom. The van der Waals surface area contributed by atoms with E-state index in [1.54, 1.807) is 13.8 Å². The first-order valence-corrected chi connectivity index (χ1v) is 6.33. The Bertz CT molecular complexity index is 292. The first kappa shape index (κ1) is 15.3. The van der Waals surface area contributed by atoms with E-state index in [-0.39, 0.29) is 17.9 Å². The Kier molecular flexibility index (Phi) is 5.01. The summed E-state index contributed by atoms with van der Waals surface area (Å²) in [5.41, 5.74) is 0. The number of alkyl halides is 3. The lowest BCUT2D eigenvalue weighted by molar-refractivity contribution is -0.168. The molecule has 0 aromatic heterocycles. The van der Waals surface area contributed by atoms with Crippen LogP contribution in [0.15, 0.2) is 0 Å². The molecule has 1 aliphatic rings. The van der Waals surface area contributed by atoms with Gasteiger partial charge >= 0.3 is 6.18 Å². The molecule has 6 heteroatoms. The standard InChI is InChI=1S/C12H21F3N2O/c1-8(2)17(7-12(13,14)15)11(18)10-5-4-6-16-9(10)3/h8-10,16H,4-7H2,1-3H3. The van der Waals surface area contributed by atoms with Gasteiger partial charge in [0.2, 0.25) is 5.91 Å². The van der Waals surface area contributed by atoms with Gasteiger partial charge in [-0.25, -0.2) is 0 Å². The second-order valence-electron chi connectivity index (χ2n) is 5.17. The number of halogens is 3. The first-order chi connectivity index (χ1) is 8.22. The molecule has 1 amide bonds. The fraction of sp³-hybridized carbons (Fsp3) is 0.917. The van der Waals surface area contributed by atoms with E-state index in [2.05, 4.69) is 5.32 Å². The topological polar surface area (TPSA) is 32.3 Å². The molecule has 0 saturated carbocycles. The van der Waals surface area contributed by atoms with Gasteiger partial charge in [-0.3, -0.25) is 4.79 Å². The summed E-state index contributed by atoms with van der Waals surface area (Å²) in [5.74, 6) is -0.731. The van der Waals surface area contributed by atoms with Gasteiger partial charge in [-0.2, -0.15) is 13.2 Å². The third-order valence-electron chi connectivity index (χ3n) is 3.34. The summed E-state index contributed by atoms with van der Waals surface area (Å²) < 4.78 is 37.4. The van der Waals surface area contributed by atoms with Crippen molar-refractivity contribution >= 4 is 5.91 Å². The molecular formula is C12H21F3N2O. The van der Waals surface area contributed by atoms with E-state index in [0.717, 1.165) is 17.9 Å². The molecule has 1 heterocycles. The van der Waals surface area contributed by atoms with Gasteiger partial charge in [-0.15, -0.1) is 0 Å². The average molecular weight is 266 g/mol. The first-order valence-electron chi connectivity index (χ1n) is 6.33. The van der Waals surface area contributed by atoms with Gasteiger partial charge in [0.15, 0.2) is 0 Å². The molecule has 0 aliphatic carbocycles. The molecule has 0 radical (unpaired) electrons. The molecule has 2 unspecified atom stereocenters. The van der Waals surface area contributed by atoms with Gasteiger partial charge in [0.05, 0.1) is 5.92 Å². The van der Waals surface area contributed by atoms with Gasteiger partial charge in [0.1, 0.15) is 6.54 Å². The van der Waals surface area contributed by atoms with Crippen LogP contribution in [0, 0.1) is 5.92 Å². The van der Waals surface area contributed by atoms with Crippen LogP contribution in [0.25, 0.3) is 0 Å². The van der Waals surface area contributed by atoms with Crippen LogP contribution in [0.2, 0.25) is 0 Å². The number of rotatable bonds is 3. The van der Waals surface area contributed by atoms with E-state index >= 15 is 0 Å². The van der Waals surface area contributed by atoms with E-state index < -0.39 is 18.8 Å². The van der Waals surface area contributed by atoms with Crippen LogP contribution in [0.1, 0.15) is 33.6 Å². The van der Waals surface area contributed by atoms with Crippen molar-refractivity contribution < 1.29 is 18.0 Å². The minimum absolute atomic E-state index is 0.0549. The highest BCUT2D eigenvalue weighted by Gasteiger charge is 2.38. The number of hydrogen-bond acceptors (Lipinski definition) is 2. The lowest BCUT2D eigenvalue weighted by atomic mass is 9.90. The zero-order valence-corrected chi connectivity index (χ0v) is 11.0. The number of hydrogen-bond donors (Lipinski definition) is 1. The Balaban J connectivity index is 2.75. The zero-order chi connectivity index (χ0) is 13.9. The smallest absolute Gasteiger partial charge is 0.331 e. The van der Waals surface area contributed by atoms with Crippen molar-refractivity contribution in [2.45, 2.75) is 51.9 Å². The summed E-state index contributed by atoms with van der Waals surface area (Å²) >= 11 is 0. The highest BCUT2D eigenvalue weighted by atomic mass is 19.4. The van der Waals surface area contributed by atoms with Crippen molar-refractivity contribution in [3.8, 4) is 0 Å².